The number of carbonyl (C=O) groups excluding carboxylic acids is 1. The van der Waals surface area contributed by atoms with Gasteiger partial charge in [0.2, 0.25) is 0 Å². The van der Waals surface area contributed by atoms with Crippen molar-refractivity contribution >= 4 is 17.3 Å². The maximum Gasteiger partial charge on any atom is 0.256 e. The number of hydrogen-bond donors (Lipinski definition) is 2. The standard InChI is InChI=1S/C16H18N2O2/c1-10-4-7-15(20-3)14(8-10)18-16(19)13-6-5-12(17)9-11(13)2/h4-9H,17H2,1-3H3,(H,18,19). The number of hydrogen-bond acceptors (Lipinski definition) is 3. The molecule has 0 unspecified atom stereocenters. The number of benzene rings is 2. The van der Waals surface area contributed by atoms with E-state index in [-0.39, 0.29) is 5.91 Å². The van der Waals surface area contributed by atoms with E-state index in [0.29, 0.717) is 22.7 Å². The fraction of sp³-hybridized carbons (Fsp3) is 0.188. The van der Waals surface area contributed by atoms with Gasteiger partial charge in [0.15, 0.2) is 0 Å². The smallest absolute Gasteiger partial charge is 0.256 e. The Labute approximate surface area is 118 Å². The number of nitrogen functional groups attached to an aromatic ring is 1. The van der Waals surface area contributed by atoms with Crippen LogP contribution in [0.1, 0.15) is 21.5 Å². The molecular formula is C16H18N2O2. The average molecular weight is 270 g/mol. The minimum Gasteiger partial charge on any atom is -0.495 e. The first kappa shape index (κ1) is 13.9. The molecule has 0 saturated carbocycles. The third kappa shape index (κ3) is 2.91. The summed E-state index contributed by atoms with van der Waals surface area (Å²) in [6.45, 7) is 3.82. The molecular weight excluding hydrogens is 252 g/mol. The Morgan fingerprint density at radius 3 is 2.55 bits per heavy atom. The zero-order valence-electron chi connectivity index (χ0n) is 11.9. The minimum atomic E-state index is -0.175. The number of aryl methyl sites for hydroxylation is 2. The quantitative estimate of drug-likeness (QED) is 0.842. The van der Waals surface area contributed by atoms with E-state index in [4.69, 9.17) is 10.5 Å². The molecule has 0 aliphatic heterocycles. The maximum atomic E-state index is 12.3. The van der Waals surface area contributed by atoms with Crippen molar-refractivity contribution in [1.29, 1.82) is 0 Å². The van der Waals surface area contributed by atoms with Crippen molar-refractivity contribution in [2.75, 3.05) is 18.2 Å². The largest absolute Gasteiger partial charge is 0.495 e. The van der Waals surface area contributed by atoms with Crippen LogP contribution in [-0.4, -0.2) is 13.0 Å². The Bertz CT molecular complexity index is 651. The van der Waals surface area contributed by atoms with E-state index in [9.17, 15) is 4.79 Å². The summed E-state index contributed by atoms with van der Waals surface area (Å²) < 4.78 is 5.25. The van der Waals surface area contributed by atoms with Crippen molar-refractivity contribution < 1.29 is 9.53 Å². The number of rotatable bonds is 3. The number of carbonyl (C=O) groups is 1. The lowest BCUT2D eigenvalue weighted by Gasteiger charge is -2.12. The van der Waals surface area contributed by atoms with Gasteiger partial charge in [0, 0.05) is 11.3 Å². The van der Waals surface area contributed by atoms with Gasteiger partial charge in [0.05, 0.1) is 12.8 Å². The van der Waals surface area contributed by atoms with E-state index in [1.807, 2.05) is 32.0 Å². The monoisotopic (exact) mass is 270 g/mol. The Balaban J connectivity index is 2.30. The molecule has 2 aromatic carbocycles. The van der Waals surface area contributed by atoms with Crippen molar-refractivity contribution in [2.45, 2.75) is 13.8 Å². The van der Waals surface area contributed by atoms with Crippen molar-refractivity contribution in [3.8, 4) is 5.75 Å². The second kappa shape index (κ2) is 5.65. The molecule has 0 bridgehead atoms. The molecule has 20 heavy (non-hydrogen) atoms. The van der Waals surface area contributed by atoms with Gasteiger partial charge < -0.3 is 15.8 Å². The summed E-state index contributed by atoms with van der Waals surface area (Å²) in [4.78, 5) is 12.3. The highest BCUT2D eigenvalue weighted by molar-refractivity contribution is 6.06. The van der Waals surface area contributed by atoms with Gasteiger partial charge in [-0.15, -0.1) is 0 Å². The van der Waals surface area contributed by atoms with E-state index in [2.05, 4.69) is 5.32 Å². The van der Waals surface area contributed by atoms with Crippen LogP contribution in [0, 0.1) is 13.8 Å². The summed E-state index contributed by atoms with van der Waals surface area (Å²) in [5.74, 6) is 0.462. The lowest BCUT2D eigenvalue weighted by atomic mass is 10.1. The molecule has 0 spiro atoms. The molecule has 0 radical (unpaired) electrons. The molecule has 0 heterocycles. The summed E-state index contributed by atoms with van der Waals surface area (Å²) in [6.07, 6.45) is 0. The summed E-state index contributed by atoms with van der Waals surface area (Å²) in [5, 5.41) is 2.87. The molecule has 0 saturated heterocycles. The molecule has 2 aromatic rings. The zero-order valence-corrected chi connectivity index (χ0v) is 11.9. The van der Waals surface area contributed by atoms with Crippen LogP contribution in [0.15, 0.2) is 36.4 Å². The molecule has 0 aliphatic rings. The third-order valence-electron chi connectivity index (χ3n) is 3.10. The lowest BCUT2D eigenvalue weighted by Crippen LogP contribution is -2.14. The van der Waals surface area contributed by atoms with Gasteiger partial charge >= 0.3 is 0 Å². The van der Waals surface area contributed by atoms with E-state index in [1.54, 1.807) is 25.3 Å². The van der Waals surface area contributed by atoms with Crippen molar-refractivity contribution in [2.24, 2.45) is 0 Å². The Hall–Kier alpha value is -2.49. The molecule has 3 N–H and O–H groups in total. The fourth-order valence-corrected chi connectivity index (χ4v) is 2.05. The summed E-state index contributed by atoms with van der Waals surface area (Å²) in [5.41, 5.74) is 9.49. The van der Waals surface area contributed by atoms with Crippen LogP contribution in [-0.2, 0) is 0 Å². The number of nitrogens with two attached hydrogens (primary N) is 1. The molecule has 0 aromatic heterocycles. The zero-order chi connectivity index (χ0) is 14.7. The summed E-state index contributed by atoms with van der Waals surface area (Å²) in [7, 11) is 1.58. The Morgan fingerprint density at radius 1 is 1.15 bits per heavy atom. The van der Waals surface area contributed by atoms with Gasteiger partial charge in [-0.3, -0.25) is 4.79 Å². The van der Waals surface area contributed by atoms with Crippen molar-refractivity contribution in [1.82, 2.24) is 0 Å². The first-order chi connectivity index (χ1) is 9.51. The number of methoxy groups -OCH3 is 1. The average Bonchev–Trinajstić information content (AvgIpc) is 2.38. The van der Waals surface area contributed by atoms with E-state index < -0.39 is 0 Å². The number of anilines is 2. The molecule has 4 heteroatoms. The first-order valence-electron chi connectivity index (χ1n) is 6.33. The molecule has 2 rings (SSSR count). The predicted molar refractivity (Wildman–Crippen MR) is 81.3 cm³/mol. The van der Waals surface area contributed by atoms with Gasteiger partial charge in [-0.05, 0) is 55.3 Å². The normalized spacial score (nSPS) is 10.2. The number of ether oxygens (including phenoxy) is 1. The molecule has 0 fully saturated rings. The van der Waals surface area contributed by atoms with Crippen LogP contribution < -0.4 is 15.8 Å². The summed E-state index contributed by atoms with van der Waals surface area (Å²) in [6, 6.07) is 10.9. The van der Waals surface area contributed by atoms with E-state index >= 15 is 0 Å². The van der Waals surface area contributed by atoms with Crippen molar-refractivity contribution in [3.63, 3.8) is 0 Å². The highest BCUT2D eigenvalue weighted by Crippen LogP contribution is 2.26. The van der Waals surface area contributed by atoms with Crippen LogP contribution in [0.25, 0.3) is 0 Å². The fourth-order valence-electron chi connectivity index (χ4n) is 2.05. The SMILES string of the molecule is COc1ccc(C)cc1NC(=O)c1ccc(N)cc1C. The van der Waals surface area contributed by atoms with Crippen LogP contribution in [0.4, 0.5) is 11.4 Å². The van der Waals surface area contributed by atoms with Gasteiger partial charge in [0.25, 0.3) is 5.91 Å². The second-order valence-corrected chi connectivity index (χ2v) is 4.73. The third-order valence-corrected chi connectivity index (χ3v) is 3.10. The highest BCUT2D eigenvalue weighted by atomic mass is 16.5. The van der Waals surface area contributed by atoms with Crippen LogP contribution in [0.5, 0.6) is 5.75 Å². The maximum absolute atomic E-state index is 12.3. The molecule has 0 aliphatic carbocycles. The molecule has 0 atom stereocenters. The van der Waals surface area contributed by atoms with Crippen LogP contribution in [0.3, 0.4) is 0 Å². The van der Waals surface area contributed by atoms with Crippen molar-refractivity contribution in [3.05, 3.63) is 53.1 Å². The summed E-state index contributed by atoms with van der Waals surface area (Å²) >= 11 is 0. The lowest BCUT2D eigenvalue weighted by molar-refractivity contribution is 0.102. The van der Waals surface area contributed by atoms with Gasteiger partial charge in [-0.25, -0.2) is 0 Å². The number of amides is 1. The van der Waals surface area contributed by atoms with Gasteiger partial charge in [-0.1, -0.05) is 6.07 Å². The topological polar surface area (TPSA) is 64.3 Å². The molecule has 1 amide bonds. The van der Waals surface area contributed by atoms with Crippen LogP contribution in [0.2, 0.25) is 0 Å². The van der Waals surface area contributed by atoms with Gasteiger partial charge in [0.1, 0.15) is 5.75 Å². The highest BCUT2D eigenvalue weighted by Gasteiger charge is 2.12. The van der Waals surface area contributed by atoms with E-state index in [0.717, 1.165) is 11.1 Å². The predicted octanol–water partition coefficient (Wildman–Crippen LogP) is 3.15. The molecule has 4 nitrogen and oxygen atoms in total. The minimum absolute atomic E-state index is 0.175. The van der Waals surface area contributed by atoms with E-state index in [1.165, 1.54) is 0 Å². The Morgan fingerprint density at radius 2 is 1.90 bits per heavy atom. The Kier molecular flexibility index (Phi) is 3.94. The first-order valence-corrected chi connectivity index (χ1v) is 6.33. The molecule has 104 valence electrons. The van der Waals surface area contributed by atoms with Crippen LogP contribution >= 0.6 is 0 Å². The second-order valence-electron chi connectivity index (χ2n) is 4.73. The van der Waals surface area contributed by atoms with Gasteiger partial charge in [-0.2, -0.15) is 0 Å². The number of nitrogens with one attached hydrogen (secondary N) is 1.